The molecule has 0 aromatic heterocycles. The summed E-state index contributed by atoms with van der Waals surface area (Å²) in [5.74, 6) is -1.21. The first-order valence-electron chi connectivity index (χ1n) is 8.73. The van der Waals surface area contributed by atoms with Gasteiger partial charge in [0.05, 0.1) is 9.92 Å². The highest BCUT2D eigenvalue weighted by Gasteiger charge is 2.33. The van der Waals surface area contributed by atoms with Crippen LogP contribution in [0.3, 0.4) is 0 Å². The van der Waals surface area contributed by atoms with Gasteiger partial charge in [-0.05, 0) is 43.3 Å². The number of hydrogen-bond donors (Lipinski definition) is 0. The van der Waals surface area contributed by atoms with E-state index in [9.17, 15) is 17.6 Å². The maximum atomic E-state index is 14.5. The number of rotatable bonds is 6. The molecule has 0 fully saturated rings. The van der Waals surface area contributed by atoms with Crippen LogP contribution in [0.4, 0.5) is 4.39 Å². The van der Waals surface area contributed by atoms with Crippen molar-refractivity contribution < 1.29 is 17.6 Å². The third-order valence-electron chi connectivity index (χ3n) is 4.58. The van der Waals surface area contributed by atoms with Gasteiger partial charge in [0.1, 0.15) is 11.1 Å². The van der Waals surface area contributed by atoms with E-state index in [0.29, 0.717) is 5.02 Å². The molecule has 0 aliphatic heterocycles. The molecule has 29 heavy (non-hydrogen) atoms. The molecule has 3 rings (SSSR count). The number of Topliss-reactive ketones (excluding diaryl/α,β-unsaturated/α-hetero) is 1. The number of ketones is 1. The molecule has 7 heteroatoms. The third kappa shape index (κ3) is 4.69. The lowest BCUT2D eigenvalue weighted by molar-refractivity contribution is 0.0980. The van der Waals surface area contributed by atoms with Crippen LogP contribution in [0.15, 0.2) is 71.6 Å². The van der Waals surface area contributed by atoms with Gasteiger partial charge in [0.15, 0.2) is 15.6 Å². The van der Waals surface area contributed by atoms with E-state index in [-0.39, 0.29) is 21.0 Å². The maximum Gasteiger partial charge on any atom is 0.185 e. The van der Waals surface area contributed by atoms with Crippen molar-refractivity contribution in [3.8, 4) is 0 Å². The highest BCUT2D eigenvalue weighted by atomic mass is 35.5. The fraction of sp³-hybridized carbons (Fsp3) is 0.136. The second-order valence-electron chi connectivity index (χ2n) is 6.62. The molecular formula is C22H17Cl2FO3S. The van der Waals surface area contributed by atoms with Crippen LogP contribution in [0.25, 0.3) is 0 Å². The third-order valence-corrected chi connectivity index (χ3v) is 7.23. The predicted molar refractivity (Wildman–Crippen MR) is 113 cm³/mol. The fourth-order valence-electron chi connectivity index (χ4n) is 3.01. The molecule has 150 valence electrons. The smallest absolute Gasteiger partial charge is 0.185 e. The van der Waals surface area contributed by atoms with Crippen LogP contribution in [0.5, 0.6) is 0 Å². The summed E-state index contributed by atoms with van der Waals surface area (Å²) < 4.78 is 41.2. The van der Waals surface area contributed by atoms with Crippen molar-refractivity contribution in [1.29, 1.82) is 0 Å². The van der Waals surface area contributed by atoms with Crippen molar-refractivity contribution in [3.05, 3.63) is 99.3 Å². The lowest BCUT2D eigenvalue weighted by Gasteiger charge is -2.19. The highest BCUT2D eigenvalue weighted by Crippen LogP contribution is 2.35. The number of aryl methyl sites for hydroxylation is 1. The van der Waals surface area contributed by atoms with Crippen LogP contribution < -0.4 is 0 Å². The Morgan fingerprint density at radius 1 is 1.00 bits per heavy atom. The molecular weight excluding hydrogens is 434 g/mol. The zero-order valence-electron chi connectivity index (χ0n) is 15.4. The minimum atomic E-state index is -4.05. The second-order valence-corrected chi connectivity index (χ2v) is 9.59. The number of sulfone groups is 1. The summed E-state index contributed by atoms with van der Waals surface area (Å²) in [6.07, 6.45) is -0.460. The van der Waals surface area contributed by atoms with Crippen LogP contribution in [0.2, 0.25) is 10.0 Å². The molecule has 0 bridgehead atoms. The first-order valence-corrected chi connectivity index (χ1v) is 11.0. The molecule has 0 aliphatic carbocycles. The van der Waals surface area contributed by atoms with Crippen LogP contribution in [0, 0.1) is 12.7 Å². The van der Waals surface area contributed by atoms with E-state index in [1.54, 1.807) is 12.1 Å². The zero-order chi connectivity index (χ0) is 21.2. The molecule has 1 atom stereocenters. The Balaban J connectivity index is 2.08. The van der Waals surface area contributed by atoms with E-state index in [1.807, 2.05) is 6.92 Å². The predicted octanol–water partition coefficient (Wildman–Crippen LogP) is 6.23. The average molecular weight is 451 g/mol. The molecule has 0 N–H and O–H groups in total. The Kier molecular flexibility index (Phi) is 6.42. The number of benzene rings is 3. The number of carbonyl (C=O) groups excluding carboxylic acids is 1. The van der Waals surface area contributed by atoms with Gasteiger partial charge in [0.25, 0.3) is 0 Å². The van der Waals surface area contributed by atoms with E-state index >= 15 is 0 Å². The van der Waals surface area contributed by atoms with Gasteiger partial charge in [-0.25, -0.2) is 12.8 Å². The average Bonchev–Trinajstić information content (AvgIpc) is 2.67. The highest BCUT2D eigenvalue weighted by molar-refractivity contribution is 7.91. The van der Waals surface area contributed by atoms with Crippen molar-refractivity contribution in [1.82, 2.24) is 0 Å². The molecule has 0 aliphatic rings. The lowest BCUT2D eigenvalue weighted by atomic mass is 10.0. The molecule has 0 unspecified atom stereocenters. The zero-order valence-corrected chi connectivity index (χ0v) is 17.7. The van der Waals surface area contributed by atoms with E-state index < -0.39 is 33.1 Å². The summed E-state index contributed by atoms with van der Waals surface area (Å²) in [6, 6.07) is 16.1. The first-order chi connectivity index (χ1) is 13.7. The Hall–Kier alpha value is -2.21. The standard InChI is InChI=1S/C22H17Cl2FO3S/c1-14-6-9-16(10-7-14)29(27,28)22(18-4-2-3-5-20(18)25)13-21(26)17-11-8-15(23)12-19(17)24/h2-12,22H,13H2,1H3/t22-/m0/s1. The van der Waals surface area contributed by atoms with Crippen molar-refractivity contribution in [2.24, 2.45) is 0 Å². The molecule has 3 aromatic rings. The van der Waals surface area contributed by atoms with Crippen LogP contribution >= 0.6 is 23.2 Å². The van der Waals surface area contributed by atoms with Crippen LogP contribution in [-0.4, -0.2) is 14.2 Å². The summed E-state index contributed by atoms with van der Waals surface area (Å²) in [7, 11) is -4.05. The van der Waals surface area contributed by atoms with Gasteiger partial charge >= 0.3 is 0 Å². The summed E-state index contributed by atoms with van der Waals surface area (Å²) in [5, 5.41) is -0.933. The van der Waals surface area contributed by atoms with E-state index in [2.05, 4.69) is 0 Å². The molecule has 3 nitrogen and oxygen atoms in total. The molecule has 0 amide bonds. The van der Waals surface area contributed by atoms with Gasteiger partial charge in [-0.2, -0.15) is 0 Å². The van der Waals surface area contributed by atoms with Crippen molar-refractivity contribution in [2.75, 3.05) is 0 Å². The fourth-order valence-corrected chi connectivity index (χ4v) is 5.26. The molecule has 0 heterocycles. The molecule has 0 radical (unpaired) electrons. The topological polar surface area (TPSA) is 51.2 Å². The summed E-state index contributed by atoms with van der Waals surface area (Å²) in [6.45, 7) is 1.83. The Morgan fingerprint density at radius 3 is 2.28 bits per heavy atom. The van der Waals surface area contributed by atoms with Crippen molar-refractivity contribution in [3.63, 3.8) is 0 Å². The van der Waals surface area contributed by atoms with Crippen LogP contribution in [-0.2, 0) is 9.84 Å². The minimum Gasteiger partial charge on any atom is -0.294 e. The van der Waals surface area contributed by atoms with Gasteiger partial charge in [0.2, 0.25) is 0 Å². The summed E-state index contributed by atoms with van der Waals surface area (Å²) in [4.78, 5) is 12.9. The van der Waals surface area contributed by atoms with Gasteiger partial charge < -0.3 is 0 Å². The van der Waals surface area contributed by atoms with Crippen molar-refractivity contribution in [2.45, 2.75) is 23.5 Å². The number of carbonyl (C=O) groups is 1. The van der Waals surface area contributed by atoms with Crippen LogP contribution in [0.1, 0.15) is 33.2 Å². The van der Waals surface area contributed by atoms with Crippen molar-refractivity contribution >= 4 is 38.8 Å². The largest absolute Gasteiger partial charge is 0.294 e. The molecule has 0 saturated heterocycles. The first kappa shape index (κ1) is 21.5. The Bertz CT molecular complexity index is 1160. The minimum absolute atomic E-state index is 0.0198. The summed E-state index contributed by atoms with van der Waals surface area (Å²) in [5.41, 5.74) is 0.957. The van der Waals surface area contributed by atoms with E-state index in [4.69, 9.17) is 23.2 Å². The van der Waals surface area contributed by atoms with Gasteiger partial charge in [-0.15, -0.1) is 0 Å². The normalized spacial score (nSPS) is 12.6. The molecule has 0 saturated carbocycles. The van der Waals surface area contributed by atoms with Gasteiger partial charge in [-0.1, -0.05) is 59.1 Å². The van der Waals surface area contributed by atoms with Gasteiger partial charge in [-0.3, -0.25) is 4.79 Å². The van der Waals surface area contributed by atoms with E-state index in [0.717, 1.165) is 5.56 Å². The number of halogens is 3. The monoisotopic (exact) mass is 450 g/mol. The molecule has 0 spiro atoms. The lowest BCUT2D eigenvalue weighted by Crippen LogP contribution is -2.19. The Labute approximate surface area is 179 Å². The van der Waals surface area contributed by atoms with E-state index in [1.165, 1.54) is 54.6 Å². The summed E-state index contributed by atoms with van der Waals surface area (Å²) >= 11 is 12.0. The Morgan fingerprint density at radius 2 is 1.66 bits per heavy atom. The number of hydrogen-bond acceptors (Lipinski definition) is 3. The maximum absolute atomic E-state index is 14.5. The molecule has 3 aromatic carbocycles. The second kappa shape index (κ2) is 8.66. The SMILES string of the molecule is Cc1ccc(S(=O)(=O)[C@@H](CC(=O)c2ccc(Cl)cc2Cl)c2ccccc2F)cc1. The quantitative estimate of drug-likeness (QED) is 0.418. The van der Waals surface area contributed by atoms with Gasteiger partial charge in [0, 0.05) is 22.6 Å².